The van der Waals surface area contributed by atoms with Gasteiger partial charge in [0.25, 0.3) is 0 Å². The van der Waals surface area contributed by atoms with Crippen molar-refractivity contribution in [3.05, 3.63) is 126 Å². The van der Waals surface area contributed by atoms with Crippen LogP contribution in [0.1, 0.15) is 33.2 Å². The number of nitrogens with one attached hydrogen (secondary N) is 1. The number of esters is 1. The van der Waals surface area contributed by atoms with E-state index in [2.05, 4.69) is 9.71 Å². The molecule has 0 saturated heterocycles. The number of carbonyl (C=O) groups excluding carboxylic acids is 1. The summed E-state index contributed by atoms with van der Waals surface area (Å²) in [5.74, 6) is 0.108. The molecule has 7 nitrogen and oxygen atoms in total. The van der Waals surface area contributed by atoms with E-state index in [-0.39, 0.29) is 4.90 Å². The minimum absolute atomic E-state index is 0.162. The molecular weight excluding hydrogens is 486 g/mol. The second kappa shape index (κ2) is 10.0. The Kier molecular flexibility index (Phi) is 6.60. The van der Waals surface area contributed by atoms with Crippen LogP contribution < -0.4 is 4.72 Å². The molecule has 0 bridgehead atoms. The highest BCUT2D eigenvalue weighted by Crippen LogP contribution is 2.34. The average Bonchev–Trinajstić information content (AvgIpc) is 3.32. The zero-order chi connectivity index (χ0) is 26.0. The minimum atomic E-state index is -3.92. The lowest BCUT2D eigenvalue weighted by Crippen LogP contribution is -2.31. The van der Waals surface area contributed by atoms with Crippen LogP contribution in [-0.2, 0) is 14.8 Å². The Morgan fingerprint density at radius 3 is 2.32 bits per heavy atom. The summed E-state index contributed by atoms with van der Waals surface area (Å²) >= 11 is 0. The Balaban J connectivity index is 1.77. The van der Waals surface area contributed by atoms with E-state index in [9.17, 15) is 13.2 Å². The Morgan fingerprint density at radius 2 is 1.65 bits per heavy atom. The minimum Gasteiger partial charge on any atom is -0.465 e. The van der Waals surface area contributed by atoms with Gasteiger partial charge in [0, 0.05) is 17.3 Å². The molecule has 0 aliphatic heterocycles. The fraction of sp³-hybridized carbons (Fsp3) is 0.103. The molecular formula is C29H25N3O4S. The van der Waals surface area contributed by atoms with Gasteiger partial charge < -0.3 is 4.74 Å². The number of fused-ring (bicyclic) bond motifs is 1. The molecule has 0 radical (unpaired) electrons. The molecule has 0 aliphatic rings. The molecule has 2 heterocycles. The first-order valence-corrected chi connectivity index (χ1v) is 13.2. The number of hydrogen-bond acceptors (Lipinski definition) is 5. The monoisotopic (exact) mass is 511 g/mol. The highest BCUT2D eigenvalue weighted by molar-refractivity contribution is 7.89. The number of aromatic nitrogens is 2. The predicted octanol–water partition coefficient (Wildman–Crippen LogP) is 5.19. The topological polar surface area (TPSA) is 90.3 Å². The lowest BCUT2D eigenvalue weighted by Gasteiger charge is -2.22. The van der Waals surface area contributed by atoms with E-state index in [0.717, 1.165) is 11.1 Å². The summed E-state index contributed by atoms with van der Waals surface area (Å²) in [6.45, 7) is 1.90. The third-order valence-electron chi connectivity index (χ3n) is 6.19. The maximum Gasteiger partial charge on any atom is 0.338 e. The smallest absolute Gasteiger partial charge is 0.338 e. The van der Waals surface area contributed by atoms with Crippen molar-refractivity contribution in [2.24, 2.45) is 0 Å². The van der Waals surface area contributed by atoms with Crippen molar-refractivity contribution < 1.29 is 17.9 Å². The SMILES string of the molecule is COC(=O)c1cccc2c1cc(C(NS(=O)(=O)c1ccc(C)cc1)c1ccccc1)n2-c1ccccn1. The largest absolute Gasteiger partial charge is 0.465 e. The molecule has 0 fully saturated rings. The van der Waals surface area contributed by atoms with Gasteiger partial charge in [-0.1, -0.05) is 60.2 Å². The van der Waals surface area contributed by atoms with Crippen molar-refractivity contribution in [1.82, 2.24) is 14.3 Å². The number of carbonyl (C=O) groups is 1. The number of benzene rings is 3. The molecule has 0 amide bonds. The molecule has 1 atom stereocenters. The molecule has 0 spiro atoms. The molecule has 3 aromatic carbocycles. The second-order valence-corrected chi connectivity index (χ2v) is 10.3. The van der Waals surface area contributed by atoms with Gasteiger partial charge in [0.1, 0.15) is 5.82 Å². The standard InChI is InChI=1S/C29H25N3O4S/c1-20-14-16-22(17-15-20)37(34,35)31-28(21-9-4-3-5-10-21)26-19-24-23(29(33)36-2)11-8-12-25(24)32(26)27-13-6-7-18-30-27/h3-19,28,31H,1-2H3. The highest BCUT2D eigenvalue weighted by atomic mass is 32.2. The van der Waals surface area contributed by atoms with Crippen LogP contribution >= 0.6 is 0 Å². The van der Waals surface area contributed by atoms with Crippen LogP contribution in [0.2, 0.25) is 0 Å². The summed E-state index contributed by atoms with van der Waals surface area (Å²) in [6.07, 6.45) is 1.67. The van der Waals surface area contributed by atoms with Crippen LogP contribution in [0.15, 0.2) is 108 Å². The molecule has 2 aromatic heterocycles. The molecule has 1 unspecified atom stereocenters. The van der Waals surface area contributed by atoms with E-state index in [4.69, 9.17) is 4.74 Å². The summed E-state index contributed by atoms with van der Waals surface area (Å²) in [5, 5.41) is 0.630. The van der Waals surface area contributed by atoms with Crippen molar-refractivity contribution in [2.75, 3.05) is 7.11 Å². The maximum absolute atomic E-state index is 13.6. The number of nitrogens with zero attached hydrogens (tertiary/aromatic N) is 2. The van der Waals surface area contributed by atoms with Gasteiger partial charge >= 0.3 is 5.97 Å². The Labute approximate surface area is 215 Å². The van der Waals surface area contributed by atoms with Gasteiger partial charge in [-0.05, 0) is 55.0 Å². The van der Waals surface area contributed by atoms with Crippen LogP contribution in [0.25, 0.3) is 16.7 Å². The number of rotatable bonds is 7. The van der Waals surface area contributed by atoms with E-state index in [1.165, 1.54) is 7.11 Å². The number of methoxy groups -OCH3 is 1. The van der Waals surface area contributed by atoms with Crippen LogP contribution in [0, 0.1) is 6.92 Å². The van der Waals surface area contributed by atoms with Crippen molar-refractivity contribution in [3.63, 3.8) is 0 Å². The Hall–Kier alpha value is -4.27. The van der Waals surface area contributed by atoms with Crippen molar-refractivity contribution in [1.29, 1.82) is 0 Å². The zero-order valence-electron chi connectivity index (χ0n) is 20.3. The van der Waals surface area contributed by atoms with E-state index < -0.39 is 22.0 Å². The number of sulfonamides is 1. The van der Waals surface area contributed by atoms with Gasteiger partial charge in [0.2, 0.25) is 10.0 Å². The molecule has 1 N–H and O–H groups in total. The van der Waals surface area contributed by atoms with Crippen molar-refractivity contribution in [2.45, 2.75) is 17.9 Å². The summed E-state index contributed by atoms with van der Waals surface area (Å²) in [5.41, 5.74) is 3.38. The van der Waals surface area contributed by atoms with Gasteiger partial charge in [0.05, 0.1) is 29.1 Å². The zero-order valence-corrected chi connectivity index (χ0v) is 21.1. The van der Waals surface area contributed by atoms with Gasteiger partial charge in [-0.3, -0.25) is 4.57 Å². The summed E-state index contributed by atoms with van der Waals surface area (Å²) in [4.78, 5) is 17.3. The third-order valence-corrected chi connectivity index (χ3v) is 7.63. The molecule has 186 valence electrons. The number of hydrogen-bond donors (Lipinski definition) is 1. The molecule has 0 saturated carbocycles. The van der Waals surface area contributed by atoms with Crippen LogP contribution in [-0.4, -0.2) is 31.0 Å². The van der Waals surface area contributed by atoms with E-state index in [1.54, 1.807) is 42.6 Å². The Morgan fingerprint density at radius 1 is 0.919 bits per heavy atom. The first-order valence-electron chi connectivity index (χ1n) is 11.7. The van der Waals surface area contributed by atoms with Crippen LogP contribution in [0.4, 0.5) is 0 Å². The fourth-order valence-electron chi connectivity index (χ4n) is 4.38. The van der Waals surface area contributed by atoms with E-state index in [1.807, 2.05) is 72.2 Å². The number of pyridine rings is 1. The van der Waals surface area contributed by atoms with Crippen LogP contribution in [0.3, 0.4) is 0 Å². The van der Waals surface area contributed by atoms with Crippen molar-refractivity contribution in [3.8, 4) is 5.82 Å². The summed E-state index contributed by atoms with van der Waals surface area (Å²) < 4.78 is 36.9. The summed E-state index contributed by atoms with van der Waals surface area (Å²) in [7, 11) is -2.58. The Bertz CT molecular complexity index is 1660. The molecule has 5 rings (SSSR count). The lowest BCUT2D eigenvalue weighted by molar-refractivity contribution is 0.0603. The molecule has 37 heavy (non-hydrogen) atoms. The number of aryl methyl sites for hydroxylation is 1. The number of ether oxygens (including phenoxy) is 1. The lowest BCUT2D eigenvalue weighted by atomic mass is 10.0. The third kappa shape index (κ3) is 4.76. The average molecular weight is 512 g/mol. The fourth-order valence-corrected chi connectivity index (χ4v) is 5.58. The first-order chi connectivity index (χ1) is 17.9. The first kappa shape index (κ1) is 24.4. The second-order valence-electron chi connectivity index (χ2n) is 8.60. The van der Waals surface area contributed by atoms with Gasteiger partial charge in [-0.15, -0.1) is 0 Å². The summed E-state index contributed by atoms with van der Waals surface area (Å²) in [6, 6.07) is 27.9. The van der Waals surface area contributed by atoms with Gasteiger partial charge in [0.15, 0.2) is 0 Å². The molecule has 0 aliphatic carbocycles. The van der Waals surface area contributed by atoms with Gasteiger partial charge in [-0.25, -0.2) is 18.2 Å². The predicted molar refractivity (Wildman–Crippen MR) is 142 cm³/mol. The van der Waals surface area contributed by atoms with E-state index in [0.29, 0.717) is 28.0 Å². The van der Waals surface area contributed by atoms with Gasteiger partial charge in [-0.2, -0.15) is 4.72 Å². The normalized spacial score (nSPS) is 12.4. The quantitative estimate of drug-likeness (QED) is 0.304. The van der Waals surface area contributed by atoms with E-state index >= 15 is 0 Å². The highest BCUT2D eigenvalue weighted by Gasteiger charge is 2.28. The molecule has 8 heteroatoms. The van der Waals surface area contributed by atoms with Crippen molar-refractivity contribution >= 4 is 26.9 Å². The van der Waals surface area contributed by atoms with Crippen LogP contribution in [0.5, 0.6) is 0 Å². The maximum atomic E-state index is 13.6. The molecule has 5 aromatic rings.